The SMILES string of the molecule is CCCCC(=O)NN=Cc1ccc(OC(=O)c2cc(OC)c(OC)c(OC)c2)c(OCC)c1. The van der Waals surface area contributed by atoms with Crippen LogP contribution in [-0.4, -0.2) is 46.0 Å². The Morgan fingerprint density at radius 3 is 2.21 bits per heavy atom. The Labute approximate surface area is 193 Å². The number of unbranched alkanes of at least 4 members (excludes halogenated alkanes) is 1. The summed E-state index contributed by atoms with van der Waals surface area (Å²) in [5.41, 5.74) is 3.37. The normalized spacial score (nSPS) is 10.6. The molecule has 0 spiro atoms. The van der Waals surface area contributed by atoms with Crippen LogP contribution < -0.4 is 29.1 Å². The van der Waals surface area contributed by atoms with Crippen molar-refractivity contribution in [2.24, 2.45) is 5.10 Å². The molecule has 0 saturated carbocycles. The number of hydrazone groups is 1. The molecule has 1 N–H and O–H groups in total. The molecule has 0 aliphatic heterocycles. The van der Waals surface area contributed by atoms with E-state index in [4.69, 9.17) is 23.7 Å². The van der Waals surface area contributed by atoms with Gasteiger partial charge in [-0.2, -0.15) is 5.10 Å². The predicted molar refractivity (Wildman–Crippen MR) is 124 cm³/mol. The van der Waals surface area contributed by atoms with Gasteiger partial charge in [-0.1, -0.05) is 13.3 Å². The van der Waals surface area contributed by atoms with Crippen LogP contribution in [0.25, 0.3) is 0 Å². The molecule has 0 aliphatic carbocycles. The topological polar surface area (TPSA) is 105 Å². The highest BCUT2D eigenvalue weighted by molar-refractivity contribution is 5.93. The summed E-state index contributed by atoms with van der Waals surface area (Å²) >= 11 is 0. The second-order valence-corrected chi connectivity index (χ2v) is 6.84. The first-order chi connectivity index (χ1) is 16.0. The lowest BCUT2D eigenvalue weighted by molar-refractivity contribution is -0.121. The number of hydrogen-bond acceptors (Lipinski definition) is 8. The molecule has 0 aromatic heterocycles. The Hall–Kier alpha value is -3.75. The predicted octanol–water partition coefficient (Wildman–Crippen LogP) is 3.97. The van der Waals surface area contributed by atoms with Crippen molar-refractivity contribution in [1.29, 1.82) is 0 Å². The summed E-state index contributed by atoms with van der Waals surface area (Å²) in [4.78, 5) is 24.5. The molecule has 2 rings (SSSR count). The van der Waals surface area contributed by atoms with Crippen LogP contribution in [0.4, 0.5) is 0 Å². The fraction of sp³-hybridized carbons (Fsp3) is 0.375. The van der Waals surface area contributed by atoms with Gasteiger partial charge in [-0.05, 0) is 49.2 Å². The molecule has 33 heavy (non-hydrogen) atoms. The summed E-state index contributed by atoms with van der Waals surface area (Å²) in [5, 5.41) is 3.96. The molecular weight excluding hydrogens is 428 g/mol. The minimum atomic E-state index is -0.625. The molecule has 0 fully saturated rings. The van der Waals surface area contributed by atoms with Crippen LogP contribution >= 0.6 is 0 Å². The molecule has 0 radical (unpaired) electrons. The third kappa shape index (κ3) is 7.13. The monoisotopic (exact) mass is 458 g/mol. The Morgan fingerprint density at radius 1 is 0.939 bits per heavy atom. The van der Waals surface area contributed by atoms with E-state index in [1.54, 1.807) is 18.2 Å². The highest BCUT2D eigenvalue weighted by Crippen LogP contribution is 2.38. The van der Waals surface area contributed by atoms with E-state index in [9.17, 15) is 9.59 Å². The summed E-state index contributed by atoms with van der Waals surface area (Å²) in [5.74, 6) is 0.868. The number of hydrogen-bond donors (Lipinski definition) is 1. The van der Waals surface area contributed by atoms with Gasteiger partial charge in [0.1, 0.15) is 0 Å². The van der Waals surface area contributed by atoms with Crippen molar-refractivity contribution in [3.63, 3.8) is 0 Å². The molecule has 2 aromatic carbocycles. The zero-order chi connectivity index (χ0) is 24.2. The largest absolute Gasteiger partial charge is 0.493 e. The van der Waals surface area contributed by atoms with Crippen molar-refractivity contribution in [2.45, 2.75) is 33.1 Å². The maximum atomic E-state index is 12.8. The van der Waals surface area contributed by atoms with Gasteiger partial charge in [0.05, 0.1) is 39.7 Å². The average molecular weight is 459 g/mol. The number of nitrogens with one attached hydrogen (secondary N) is 1. The lowest BCUT2D eigenvalue weighted by Gasteiger charge is -2.15. The summed E-state index contributed by atoms with van der Waals surface area (Å²) in [6, 6.07) is 7.98. The number of esters is 1. The van der Waals surface area contributed by atoms with E-state index >= 15 is 0 Å². The fourth-order valence-corrected chi connectivity index (χ4v) is 2.89. The summed E-state index contributed by atoms with van der Waals surface area (Å²) in [6.07, 6.45) is 3.66. The number of carbonyl (C=O) groups excluding carboxylic acids is 2. The number of benzene rings is 2. The number of methoxy groups -OCH3 is 3. The van der Waals surface area contributed by atoms with E-state index in [0.29, 0.717) is 41.6 Å². The van der Waals surface area contributed by atoms with Crippen LogP contribution in [0.3, 0.4) is 0 Å². The first kappa shape index (κ1) is 25.5. The van der Waals surface area contributed by atoms with Crippen LogP contribution in [0.2, 0.25) is 0 Å². The maximum Gasteiger partial charge on any atom is 0.343 e. The Balaban J connectivity index is 2.21. The first-order valence-electron chi connectivity index (χ1n) is 10.6. The van der Waals surface area contributed by atoms with Gasteiger partial charge < -0.3 is 23.7 Å². The smallest absolute Gasteiger partial charge is 0.343 e. The molecule has 9 nitrogen and oxygen atoms in total. The van der Waals surface area contributed by atoms with Crippen LogP contribution in [0.1, 0.15) is 49.0 Å². The molecule has 0 heterocycles. The van der Waals surface area contributed by atoms with Crippen LogP contribution in [0.5, 0.6) is 28.7 Å². The maximum absolute atomic E-state index is 12.8. The molecule has 0 saturated heterocycles. The van der Waals surface area contributed by atoms with E-state index in [0.717, 1.165) is 12.8 Å². The molecule has 1 amide bonds. The third-order valence-electron chi connectivity index (χ3n) is 4.53. The van der Waals surface area contributed by atoms with Gasteiger partial charge in [0.15, 0.2) is 23.0 Å². The average Bonchev–Trinajstić information content (AvgIpc) is 2.83. The number of rotatable bonds is 12. The van der Waals surface area contributed by atoms with Crippen LogP contribution in [-0.2, 0) is 4.79 Å². The second-order valence-electron chi connectivity index (χ2n) is 6.84. The van der Waals surface area contributed by atoms with Crippen molar-refractivity contribution >= 4 is 18.1 Å². The van der Waals surface area contributed by atoms with Gasteiger partial charge in [0.2, 0.25) is 11.7 Å². The summed E-state index contributed by atoms with van der Waals surface area (Å²) < 4.78 is 27.1. The van der Waals surface area contributed by atoms with E-state index in [-0.39, 0.29) is 17.2 Å². The number of nitrogens with zero attached hydrogens (tertiary/aromatic N) is 1. The minimum absolute atomic E-state index is 0.144. The van der Waals surface area contributed by atoms with Crippen molar-refractivity contribution in [3.8, 4) is 28.7 Å². The fourth-order valence-electron chi connectivity index (χ4n) is 2.89. The van der Waals surface area contributed by atoms with Crippen molar-refractivity contribution < 1.29 is 33.3 Å². The van der Waals surface area contributed by atoms with E-state index in [1.807, 2.05) is 13.8 Å². The molecule has 0 atom stereocenters. The molecular formula is C24H30N2O7. The quantitative estimate of drug-likeness (QED) is 0.222. The lowest BCUT2D eigenvalue weighted by atomic mass is 10.1. The number of ether oxygens (including phenoxy) is 5. The summed E-state index contributed by atoms with van der Waals surface area (Å²) in [7, 11) is 4.41. The van der Waals surface area contributed by atoms with Crippen LogP contribution in [0.15, 0.2) is 35.4 Å². The van der Waals surface area contributed by atoms with E-state index in [2.05, 4.69) is 10.5 Å². The second kappa shape index (κ2) is 12.9. The zero-order valence-electron chi connectivity index (χ0n) is 19.6. The number of amides is 1. The molecule has 178 valence electrons. The van der Waals surface area contributed by atoms with Crippen molar-refractivity contribution in [3.05, 3.63) is 41.5 Å². The Bertz CT molecular complexity index is 964. The van der Waals surface area contributed by atoms with Gasteiger partial charge in [-0.25, -0.2) is 10.2 Å². The zero-order valence-corrected chi connectivity index (χ0v) is 19.6. The molecule has 9 heteroatoms. The summed E-state index contributed by atoms with van der Waals surface area (Å²) in [6.45, 7) is 4.20. The van der Waals surface area contributed by atoms with E-state index < -0.39 is 5.97 Å². The Morgan fingerprint density at radius 2 is 1.64 bits per heavy atom. The van der Waals surface area contributed by atoms with Crippen molar-refractivity contribution in [2.75, 3.05) is 27.9 Å². The standard InChI is InChI=1S/C24H30N2O7/c1-6-8-9-22(27)26-25-15-16-10-11-18(19(12-16)32-7-2)33-24(28)17-13-20(29-3)23(31-5)21(14-17)30-4/h10-15H,6-9H2,1-5H3,(H,26,27). The highest BCUT2D eigenvalue weighted by atomic mass is 16.6. The van der Waals surface area contributed by atoms with Crippen LogP contribution in [0, 0.1) is 0 Å². The molecule has 0 unspecified atom stereocenters. The lowest BCUT2D eigenvalue weighted by Crippen LogP contribution is -2.16. The number of carbonyl (C=O) groups is 2. The van der Waals surface area contributed by atoms with Gasteiger partial charge in [0.25, 0.3) is 0 Å². The van der Waals surface area contributed by atoms with Gasteiger partial charge in [-0.15, -0.1) is 0 Å². The van der Waals surface area contributed by atoms with Gasteiger partial charge in [-0.3, -0.25) is 4.79 Å². The van der Waals surface area contributed by atoms with Gasteiger partial charge in [0, 0.05) is 6.42 Å². The molecule has 0 bridgehead atoms. The van der Waals surface area contributed by atoms with Crippen molar-refractivity contribution in [1.82, 2.24) is 5.43 Å². The third-order valence-corrected chi connectivity index (χ3v) is 4.53. The van der Waals surface area contributed by atoms with Gasteiger partial charge >= 0.3 is 5.97 Å². The minimum Gasteiger partial charge on any atom is -0.493 e. The molecule has 0 aliphatic rings. The Kier molecular flexibility index (Phi) is 10.0. The first-order valence-corrected chi connectivity index (χ1v) is 10.6. The highest BCUT2D eigenvalue weighted by Gasteiger charge is 2.19. The molecule has 2 aromatic rings. The van der Waals surface area contributed by atoms with E-state index in [1.165, 1.54) is 39.7 Å².